The van der Waals surface area contributed by atoms with Crippen molar-refractivity contribution < 1.29 is 13.2 Å². The van der Waals surface area contributed by atoms with Gasteiger partial charge in [-0.1, -0.05) is 0 Å². The normalized spacial score (nSPS) is 19.8. The number of nitrogens with one attached hydrogen (secondary N) is 2. The van der Waals surface area contributed by atoms with Crippen molar-refractivity contribution in [1.82, 2.24) is 15.0 Å². The van der Waals surface area contributed by atoms with Crippen molar-refractivity contribution in [2.45, 2.75) is 11.0 Å². The zero-order chi connectivity index (χ0) is 13.7. The summed E-state index contributed by atoms with van der Waals surface area (Å²) in [5.41, 5.74) is -0.113. The molecule has 19 heavy (non-hydrogen) atoms. The van der Waals surface area contributed by atoms with Gasteiger partial charge in [0.15, 0.2) is 5.69 Å². The third kappa shape index (κ3) is 3.48. The fraction of sp³-hybridized carbons (Fsp3) is 0.455. The highest BCUT2D eigenvalue weighted by Crippen LogP contribution is 2.11. The van der Waals surface area contributed by atoms with Gasteiger partial charge < -0.3 is 10.1 Å². The number of nitriles is 1. The van der Waals surface area contributed by atoms with E-state index in [0.717, 1.165) is 6.54 Å². The molecule has 1 aliphatic heterocycles. The maximum atomic E-state index is 12.1. The summed E-state index contributed by atoms with van der Waals surface area (Å²) in [7, 11) is -3.75. The van der Waals surface area contributed by atoms with Crippen LogP contribution in [0.4, 0.5) is 0 Å². The summed E-state index contributed by atoms with van der Waals surface area (Å²) in [6, 6.07) is 4.60. The second-order valence-corrected chi connectivity index (χ2v) is 5.75. The predicted octanol–water partition coefficient (Wildman–Crippen LogP) is -0.780. The first-order valence-electron chi connectivity index (χ1n) is 5.80. The number of hydrogen-bond donors (Lipinski definition) is 2. The minimum absolute atomic E-state index is 0.110. The average molecular weight is 282 g/mol. The summed E-state index contributed by atoms with van der Waals surface area (Å²) in [6.45, 7) is 2.09. The lowest BCUT2D eigenvalue weighted by Crippen LogP contribution is -2.45. The molecule has 0 amide bonds. The van der Waals surface area contributed by atoms with Gasteiger partial charge in [-0.15, -0.1) is 0 Å². The van der Waals surface area contributed by atoms with Gasteiger partial charge in [0.1, 0.15) is 11.0 Å². The molecule has 2 N–H and O–H groups in total. The number of morpholine rings is 1. The molecule has 1 aromatic rings. The summed E-state index contributed by atoms with van der Waals surface area (Å²) < 4.78 is 32.0. The molecule has 1 unspecified atom stereocenters. The number of hydrogen-bond acceptors (Lipinski definition) is 6. The van der Waals surface area contributed by atoms with Gasteiger partial charge in [0.2, 0.25) is 10.0 Å². The molecule has 0 aromatic carbocycles. The summed E-state index contributed by atoms with van der Waals surface area (Å²) in [6.07, 6.45) is 1.18. The van der Waals surface area contributed by atoms with Crippen molar-refractivity contribution in [1.29, 1.82) is 5.26 Å². The quantitative estimate of drug-likeness (QED) is 0.750. The van der Waals surface area contributed by atoms with Crippen LogP contribution < -0.4 is 10.0 Å². The van der Waals surface area contributed by atoms with Crippen LogP contribution in [0.5, 0.6) is 0 Å². The zero-order valence-corrected chi connectivity index (χ0v) is 11.0. The van der Waals surface area contributed by atoms with E-state index in [-0.39, 0.29) is 23.2 Å². The number of pyridine rings is 1. The molecule has 0 aliphatic carbocycles. The molecule has 0 saturated carbocycles. The highest BCUT2D eigenvalue weighted by Gasteiger charge is 2.21. The van der Waals surface area contributed by atoms with Gasteiger partial charge in [0.05, 0.1) is 12.7 Å². The van der Waals surface area contributed by atoms with Gasteiger partial charge in [-0.05, 0) is 12.1 Å². The van der Waals surface area contributed by atoms with E-state index in [4.69, 9.17) is 10.00 Å². The Labute approximate surface area is 111 Å². The summed E-state index contributed by atoms with van der Waals surface area (Å²) >= 11 is 0. The van der Waals surface area contributed by atoms with E-state index in [1.54, 1.807) is 6.07 Å². The Morgan fingerprint density at radius 1 is 1.63 bits per heavy atom. The van der Waals surface area contributed by atoms with Crippen LogP contribution in [-0.2, 0) is 14.8 Å². The molecule has 7 nitrogen and oxygen atoms in total. The van der Waals surface area contributed by atoms with Gasteiger partial charge >= 0.3 is 0 Å². The fourth-order valence-electron chi connectivity index (χ4n) is 1.72. The lowest BCUT2D eigenvalue weighted by molar-refractivity contribution is 0.0324. The standard InChI is InChI=1S/C11H14N4O3S/c12-6-10-11(2-1-3-14-10)19(16,17)15-8-9-7-13-4-5-18-9/h1-3,9,13,15H,4-5,7-8H2. The molecule has 1 saturated heterocycles. The first-order chi connectivity index (χ1) is 9.13. The Morgan fingerprint density at radius 3 is 3.16 bits per heavy atom. The lowest BCUT2D eigenvalue weighted by Gasteiger charge is -2.23. The van der Waals surface area contributed by atoms with Crippen molar-refractivity contribution in [2.75, 3.05) is 26.2 Å². The Morgan fingerprint density at radius 2 is 2.47 bits per heavy atom. The van der Waals surface area contributed by atoms with Crippen molar-refractivity contribution >= 4 is 10.0 Å². The average Bonchev–Trinajstić information content (AvgIpc) is 2.46. The maximum Gasteiger partial charge on any atom is 0.243 e. The second kappa shape index (κ2) is 6.08. The molecule has 0 bridgehead atoms. The van der Waals surface area contributed by atoms with Crippen molar-refractivity contribution in [2.24, 2.45) is 0 Å². The van der Waals surface area contributed by atoms with Gasteiger partial charge in [0, 0.05) is 25.8 Å². The highest BCUT2D eigenvalue weighted by molar-refractivity contribution is 7.89. The van der Waals surface area contributed by atoms with Gasteiger partial charge in [-0.25, -0.2) is 18.1 Å². The van der Waals surface area contributed by atoms with Crippen molar-refractivity contribution in [3.63, 3.8) is 0 Å². The number of sulfonamides is 1. The second-order valence-electron chi connectivity index (χ2n) is 4.01. The highest BCUT2D eigenvalue weighted by atomic mass is 32.2. The molecule has 2 rings (SSSR count). The van der Waals surface area contributed by atoms with Crippen molar-refractivity contribution in [3.05, 3.63) is 24.0 Å². The first-order valence-corrected chi connectivity index (χ1v) is 7.29. The SMILES string of the molecule is N#Cc1ncccc1S(=O)(=O)NCC1CNCCO1. The number of nitrogens with zero attached hydrogens (tertiary/aromatic N) is 2. The molecule has 1 atom stereocenters. The molecular formula is C11H14N4O3S. The van der Waals surface area contributed by atoms with Crippen LogP contribution in [0.1, 0.15) is 5.69 Å². The van der Waals surface area contributed by atoms with E-state index >= 15 is 0 Å². The van der Waals surface area contributed by atoms with E-state index < -0.39 is 10.0 Å². The van der Waals surface area contributed by atoms with E-state index in [0.29, 0.717) is 13.2 Å². The maximum absolute atomic E-state index is 12.1. The zero-order valence-electron chi connectivity index (χ0n) is 10.2. The third-order valence-corrected chi connectivity index (χ3v) is 4.13. The Hall–Kier alpha value is -1.53. The van der Waals surface area contributed by atoms with Crippen LogP contribution in [0.2, 0.25) is 0 Å². The van der Waals surface area contributed by atoms with Crippen molar-refractivity contribution in [3.8, 4) is 6.07 Å². The smallest absolute Gasteiger partial charge is 0.243 e. The van der Waals surface area contributed by atoms with E-state index in [9.17, 15) is 8.42 Å². The molecule has 1 fully saturated rings. The number of aromatic nitrogens is 1. The molecule has 0 spiro atoms. The molecule has 102 valence electrons. The van der Waals surface area contributed by atoms with Gasteiger partial charge in [0.25, 0.3) is 0 Å². The predicted molar refractivity (Wildman–Crippen MR) is 66.8 cm³/mol. The molecule has 2 heterocycles. The fourth-order valence-corrected chi connectivity index (χ4v) is 2.89. The van der Waals surface area contributed by atoms with Crippen LogP contribution in [0.15, 0.2) is 23.2 Å². The van der Waals surface area contributed by atoms with Crippen LogP contribution >= 0.6 is 0 Å². The number of ether oxygens (including phenoxy) is 1. The van der Waals surface area contributed by atoms with Crippen LogP contribution in [0.3, 0.4) is 0 Å². The van der Waals surface area contributed by atoms with Gasteiger partial charge in [-0.3, -0.25) is 0 Å². The topological polar surface area (TPSA) is 104 Å². The van der Waals surface area contributed by atoms with Crippen LogP contribution in [0.25, 0.3) is 0 Å². The summed E-state index contributed by atoms with van der Waals surface area (Å²) in [4.78, 5) is 3.62. The van der Waals surface area contributed by atoms with Crippen LogP contribution in [-0.4, -0.2) is 45.7 Å². The minimum atomic E-state index is -3.75. The molecule has 8 heteroatoms. The molecular weight excluding hydrogens is 268 g/mol. The van der Waals surface area contributed by atoms with Gasteiger partial charge in [-0.2, -0.15) is 5.26 Å². The molecule has 0 radical (unpaired) electrons. The summed E-state index contributed by atoms with van der Waals surface area (Å²) in [5.74, 6) is 0. The monoisotopic (exact) mass is 282 g/mol. The first kappa shape index (κ1) is 13.9. The summed E-state index contributed by atoms with van der Waals surface area (Å²) in [5, 5.41) is 12.0. The Kier molecular flexibility index (Phi) is 4.44. The van der Waals surface area contributed by atoms with E-state index in [1.165, 1.54) is 18.3 Å². The Balaban J connectivity index is 2.07. The molecule has 1 aromatic heterocycles. The third-order valence-electron chi connectivity index (χ3n) is 2.67. The minimum Gasteiger partial charge on any atom is -0.374 e. The Bertz CT molecular complexity index is 576. The van der Waals surface area contributed by atoms with E-state index in [2.05, 4.69) is 15.0 Å². The molecule has 1 aliphatic rings. The largest absolute Gasteiger partial charge is 0.374 e. The van der Waals surface area contributed by atoms with Crippen LogP contribution in [0, 0.1) is 11.3 Å². The lowest BCUT2D eigenvalue weighted by atomic mass is 10.3. The number of rotatable bonds is 4. The van der Waals surface area contributed by atoms with E-state index in [1.807, 2.05) is 0 Å².